The fourth-order valence-electron chi connectivity index (χ4n) is 2.21. The van der Waals surface area contributed by atoms with Gasteiger partial charge in [0.25, 0.3) is 0 Å². The summed E-state index contributed by atoms with van der Waals surface area (Å²) in [7, 11) is 5.57. The van der Waals surface area contributed by atoms with Crippen molar-refractivity contribution in [1.29, 1.82) is 0 Å². The fraction of sp³-hybridized carbons (Fsp3) is 0.400. The number of methoxy groups -OCH3 is 1. The number of hydrogen-bond acceptors (Lipinski definition) is 3. The molecule has 5 heteroatoms. The summed E-state index contributed by atoms with van der Waals surface area (Å²) in [5, 5.41) is 7.79. The van der Waals surface area contributed by atoms with Crippen molar-refractivity contribution in [3.63, 3.8) is 0 Å². The van der Waals surface area contributed by atoms with E-state index in [0.717, 1.165) is 33.7 Å². The number of nitrogens with one attached hydrogen (secondary N) is 1. The Hall–Kier alpha value is -1.33. The van der Waals surface area contributed by atoms with Crippen LogP contribution in [-0.4, -0.2) is 23.9 Å². The summed E-state index contributed by atoms with van der Waals surface area (Å²) >= 11 is 3.67. The molecule has 0 atom stereocenters. The van der Waals surface area contributed by atoms with Crippen LogP contribution in [0.1, 0.15) is 16.8 Å². The third-order valence-electron chi connectivity index (χ3n) is 3.52. The highest BCUT2D eigenvalue weighted by atomic mass is 79.9. The van der Waals surface area contributed by atoms with Gasteiger partial charge in [-0.15, -0.1) is 0 Å². The lowest BCUT2D eigenvalue weighted by atomic mass is 10.0. The Kier molecular flexibility index (Phi) is 4.50. The monoisotopic (exact) mass is 337 g/mol. The van der Waals surface area contributed by atoms with Gasteiger partial charge in [-0.05, 0) is 60.1 Å². The third kappa shape index (κ3) is 2.60. The van der Waals surface area contributed by atoms with E-state index in [1.54, 1.807) is 7.11 Å². The number of rotatable bonds is 4. The molecular weight excluding hydrogens is 318 g/mol. The molecular formula is C15H20BrN3O. The molecule has 2 aromatic rings. The zero-order chi connectivity index (χ0) is 14.9. The van der Waals surface area contributed by atoms with Gasteiger partial charge in [-0.2, -0.15) is 5.10 Å². The minimum atomic E-state index is 0.761. The normalized spacial score (nSPS) is 10.9. The molecule has 108 valence electrons. The summed E-state index contributed by atoms with van der Waals surface area (Å²) in [5.41, 5.74) is 5.49. The van der Waals surface area contributed by atoms with E-state index in [4.69, 9.17) is 4.74 Å². The van der Waals surface area contributed by atoms with Crippen molar-refractivity contribution in [2.45, 2.75) is 20.4 Å². The molecule has 0 fully saturated rings. The van der Waals surface area contributed by atoms with Crippen LogP contribution in [0.4, 0.5) is 0 Å². The first kappa shape index (κ1) is 15.1. The molecule has 1 N–H and O–H groups in total. The first-order chi connectivity index (χ1) is 9.49. The number of aryl methyl sites for hydroxylation is 3. The van der Waals surface area contributed by atoms with Crippen LogP contribution in [0.3, 0.4) is 0 Å². The highest BCUT2D eigenvalue weighted by molar-refractivity contribution is 9.10. The molecule has 0 aliphatic rings. The first-order valence-corrected chi connectivity index (χ1v) is 7.30. The lowest BCUT2D eigenvalue weighted by Gasteiger charge is -2.10. The van der Waals surface area contributed by atoms with E-state index in [0.29, 0.717) is 0 Å². The highest BCUT2D eigenvalue weighted by Gasteiger charge is 2.18. The molecule has 0 amide bonds. The van der Waals surface area contributed by atoms with Crippen molar-refractivity contribution in [1.82, 2.24) is 15.1 Å². The standard InChI is InChI=1S/C15H20BrN3O/c1-9-6-11(13(20-5)7-10(9)2)15-14(16)12(8-17-3)19(4)18-15/h6-7,17H,8H2,1-5H3. The Morgan fingerprint density at radius 3 is 2.55 bits per heavy atom. The predicted octanol–water partition coefficient (Wildman–Crippen LogP) is 3.19. The van der Waals surface area contributed by atoms with E-state index in [-0.39, 0.29) is 0 Å². The summed E-state index contributed by atoms with van der Waals surface area (Å²) in [6.07, 6.45) is 0. The summed E-state index contributed by atoms with van der Waals surface area (Å²) in [6.45, 7) is 4.95. The molecule has 2 rings (SSSR count). The topological polar surface area (TPSA) is 39.1 Å². The van der Waals surface area contributed by atoms with Crippen LogP contribution in [-0.2, 0) is 13.6 Å². The smallest absolute Gasteiger partial charge is 0.128 e. The van der Waals surface area contributed by atoms with E-state index >= 15 is 0 Å². The number of ether oxygens (including phenoxy) is 1. The Morgan fingerprint density at radius 1 is 1.30 bits per heavy atom. The number of benzene rings is 1. The zero-order valence-corrected chi connectivity index (χ0v) is 14.1. The average Bonchev–Trinajstić information content (AvgIpc) is 2.69. The number of nitrogens with zero attached hydrogens (tertiary/aromatic N) is 2. The fourth-order valence-corrected chi connectivity index (χ4v) is 2.90. The van der Waals surface area contributed by atoms with Gasteiger partial charge in [0.1, 0.15) is 11.4 Å². The van der Waals surface area contributed by atoms with Crippen LogP contribution in [0.5, 0.6) is 5.75 Å². The molecule has 0 aliphatic heterocycles. The van der Waals surface area contributed by atoms with Crippen LogP contribution in [0.25, 0.3) is 11.3 Å². The molecule has 0 radical (unpaired) electrons. The quantitative estimate of drug-likeness (QED) is 0.931. The summed E-state index contributed by atoms with van der Waals surface area (Å²) in [5.74, 6) is 0.850. The molecule has 0 aliphatic carbocycles. The van der Waals surface area contributed by atoms with E-state index in [1.807, 2.05) is 18.8 Å². The molecule has 0 unspecified atom stereocenters. The molecule has 0 saturated heterocycles. The van der Waals surface area contributed by atoms with E-state index < -0.39 is 0 Å². The van der Waals surface area contributed by atoms with Crippen molar-refractivity contribution >= 4 is 15.9 Å². The van der Waals surface area contributed by atoms with E-state index in [1.165, 1.54) is 11.1 Å². The van der Waals surface area contributed by atoms with E-state index in [2.05, 4.69) is 52.3 Å². The van der Waals surface area contributed by atoms with Gasteiger partial charge >= 0.3 is 0 Å². The molecule has 1 aromatic heterocycles. The molecule has 0 bridgehead atoms. The van der Waals surface area contributed by atoms with Crippen LogP contribution < -0.4 is 10.1 Å². The van der Waals surface area contributed by atoms with Crippen molar-refractivity contribution in [2.24, 2.45) is 7.05 Å². The Labute approximate surface area is 128 Å². The number of halogens is 1. The van der Waals surface area contributed by atoms with Crippen molar-refractivity contribution < 1.29 is 4.74 Å². The average molecular weight is 338 g/mol. The van der Waals surface area contributed by atoms with Crippen molar-refractivity contribution in [3.8, 4) is 17.0 Å². The number of aromatic nitrogens is 2. The first-order valence-electron chi connectivity index (χ1n) is 6.51. The second kappa shape index (κ2) is 5.97. The maximum atomic E-state index is 5.51. The Morgan fingerprint density at radius 2 is 1.95 bits per heavy atom. The zero-order valence-electron chi connectivity index (χ0n) is 12.5. The molecule has 0 saturated carbocycles. The molecule has 20 heavy (non-hydrogen) atoms. The van der Waals surface area contributed by atoms with Gasteiger partial charge in [-0.1, -0.05) is 0 Å². The van der Waals surface area contributed by atoms with Gasteiger partial charge < -0.3 is 10.1 Å². The Bertz CT molecular complexity index is 635. The van der Waals surface area contributed by atoms with Crippen LogP contribution in [0, 0.1) is 13.8 Å². The highest BCUT2D eigenvalue weighted by Crippen LogP contribution is 2.37. The predicted molar refractivity (Wildman–Crippen MR) is 85.1 cm³/mol. The van der Waals surface area contributed by atoms with Crippen LogP contribution >= 0.6 is 15.9 Å². The van der Waals surface area contributed by atoms with Crippen molar-refractivity contribution in [2.75, 3.05) is 14.2 Å². The van der Waals surface area contributed by atoms with Gasteiger partial charge in [0.2, 0.25) is 0 Å². The second-order valence-corrected chi connectivity index (χ2v) is 5.69. The van der Waals surface area contributed by atoms with Gasteiger partial charge in [-0.25, -0.2) is 0 Å². The lowest BCUT2D eigenvalue weighted by molar-refractivity contribution is 0.416. The summed E-state index contributed by atoms with van der Waals surface area (Å²) in [4.78, 5) is 0. The van der Waals surface area contributed by atoms with Gasteiger partial charge in [-0.3, -0.25) is 4.68 Å². The molecule has 0 spiro atoms. The lowest BCUT2D eigenvalue weighted by Crippen LogP contribution is -2.10. The van der Waals surface area contributed by atoms with Crippen molar-refractivity contribution in [3.05, 3.63) is 33.4 Å². The minimum absolute atomic E-state index is 0.761. The third-order valence-corrected chi connectivity index (χ3v) is 4.35. The van der Waals surface area contributed by atoms with Crippen LogP contribution in [0.15, 0.2) is 16.6 Å². The number of hydrogen-bond donors (Lipinski definition) is 1. The molecule has 1 heterocycles. The Balaban J connectivity index is 2.62. The maximum absolute atomic E-state index is 5.51. The molecule has 1 aromatic carbocycles. The molecule has 4 nitrogen and oxygen atoms in total. The van der Waals surface area contributed by atoms with Crippen LogP contribution in [0.2, 0.25) is 0 Å². The van der Waals surface area contributed by atoms with Gasteiger partial charge in [0, 0.05) is 19.2 Å². The maximum Gasteiger partial charge on any atom is 0.128 e. The summed E-state index contributed by atoms with van der Waals surface area (Å²) in [6, 6.07) is 4.19. The SMILES string of the molecule is CNCc1c(Br)c(-c2cc(C)c(C)cc2OC)nn1C. The largest absolute Gasteiger partial charge is 0.496 e. The van der Waals surface area contributed by atoms with E-state index in [9.17, 15) is 0 Å². The van der Waals surface area contributed by atoms with Gasteiger partial charge in [0.05, 0.1) is 17.3 Å². The van der Waals surface area contributed by atoms with Gasteiger partial charge in [0.15, 0.2) is 0 Å². The second-order valence-electron chi connectivity index (χ2n) is 4.90. The minimum Gasteiger partial charge on any atom is -0.496 e. The summed E-state index contributed by atoms with van der Waals surface area (Å²) < 4.78 is 8.42.